The monoisotopic (exact) mass is 322 g/mol. The number of aryl methyl sites for hydroxylation is 1. The Morgan fingerprint density at radius 1 is 1.27 bits per heavy atom. The van der Waals surface area contributed by atoms with Crippen molar-refractivity contribution >= 4 is 18.3 Å². The number of carbonyl (C=O) groups is 1. The van der Waals surface area contributed by atoms with E-state index >= 15 is 0 Å². The van der Waals surface area contributed by atoms with Crippen molar-refractivity contribution in [3.8, 4) is 0 Å². The summed E-state index contributed by atoms with van der Waals surface area (Å²) in [6.07, 6.45) is 5.33. The molecule has 0 aromatic heterocycles. The van der Waals surface area contributed by atoms with Crippen molar-refractivity contribution in [3.05, 3.63) is 35.4 Å². The first kappa shape index (κ1) is 17.3. The number of nitrogens with one attached hydrogen (secondary N) is 2. The standard InChI is InChI=1S/C18H26N2O.ClH/c1-12-5-3-4-6-17(12)13(2)9-18(21)20-16-10-14-7-8-15(11-16)19-14;/h3-6,13-16,19H,7-11H2,1-2H3,(H,20,21);1H. The number of rotatable bonds is 4. The van der Waals surface area contributed by atoms with Gasteiger partial charge in [-0.3, -0.25) is 4.79 Å². The molecule has 0 spiro atoms. The fourth-order valence-electron chi connectivity index (χ4n) is 3.99. The van der Waals surface area contributed by atoms with Crippen LogP contribution in [0.25, 0.3) is 0 Å². The summed E-state index contributed by atoms with van der Waals surface area (Å²) in [7, 11) is 0. The zero-order chi connectivity index (χ0) is 14.8. The van der Waals surface area contributed by atoms with Crippen molar-refractivity contribution in [3.63, 3.8) is 0 Å². The molecule has 122 valence electrons. The molecule has 4 heteroatoms. The summed E-state index contributed by atoms with van der Waals surface area (Å²) in [6.45, 7) is 4.27. The number of hydrogen-bond acceptors (Lipinski definition) is 2. The summed E-state index contributed by atoms with van der Waals surface area (Å²) < 4.78 is 0. The van der Waals surface area contributed by atoms with Gasteiger partial charge in [0.15, 0.2) is 0 Å². The lowest BCUT2D eigenvalue weighted by atomic mass is 9.93. The Kier molecular flexibility index (Phi) is 5.87. The zero-order valence-electron chi connectivity index (χ0n) is 13.5. The topological polar surface area (TPSA) is 41.1 Å². The van der Waals surface area contributed by atoms with Crippen LogP contribution in [0.5, 0.6) is 0 Å². The van der Waals surface area contributed by atoms with E-state index < -0.39 is 0 Å². The lowest BCUT2D eigenvalue weighted by Gasteiger charge is -2.30. The van der Waals surface area contributed by atoms with Gasteiger partial charge >= 0.3 is 0 Å². The SMILES string of the molecule is Cc1ccccc1C(C)CC(=O)NC1CC2CCC(C1)N2.Cl. The third kappa shape index (κ3) is 4.02. The Labute approximate surface area is 139 Å². The largest absolute Gasteiger partial charge is 0.353 e. The molecule has 2 aliphatic heterocycles. The minimum Gasteiger partial charge on any atom is -0.353 e. The molecule has 3 unspecified atom stereocenters. The molecule has 2 N–H and O–H groups in total. The highest BCUT2D eigenvalue weighted by molar-refractivity contribution is 5.85. The van der Waals surface area contributed by atoms with Gasteiger partial charge in [-0.15, -0.1) is 12.4 Å². The highest BCUT2D eigenvalue weighted by atomic mass is 35.5. The van der Waals surface area contributed by atoms with Crippen molar-refractivity contribution in [2.75, 3.05) is 0 Å². The molecule has 1 aromatic carbocycles. The smallest absolute Gasteiger partial charge is 0.220 e. The molecule has 22 heavy (non-hydrogen) atoms. The van der Waals surface area contributed by atoms with Gasteiger partial charge < -0.3 is 10.6 Å². The van der Waals surface area contributed by atoms with E-state index in [1.807, 2.05) is 0 Å². The van der Waals surface area contributed by atoms with E-state index in [1.165, 1.54) is 24.0 Å². The van der Waals surface area contributed by atoms with Crippen LogP contribution >= 0.6 is 12.4 Å². The minimum atomic E-state index is 0. The summed E-state index contributed by atoms with van der Waals surface area (Å²) >= 11 is 0. The number of fused-ring (bicyclic) bond motifs is 2. The molecule has 2 fully saturated rings. The number of hydrogen-bond donors (Lipinski definition) is 2. The van der Waals surface area contributed by atoms with E-state index in [-0.39, 0.29) is 24.2 Å². The second-order valence-electron chi connectivity index (χ2n) is 6.84. The van der Waals surface area contributed by atoms with E-state index in [1.54, 1.807) is 0 Å². The molecule has 3 rings (SSSR count). The molecule has 3 atom stereocenters. The number of piperidine rings is 1. The fraction of sp³-hybridized carbons (Fsp3) is 0.611. The highest BCUT2D eigenvalue weighted by Gasteiger charge is 2.34. The van der Waals surface area contributed by atoms with E-state index in [9.17, 15) is 4.79 Å². The summed E-state index contributed by atoms with van der Waals surface area (Å²) in [5.74, 6) is 0.488. The molecule has 0 radical (unpaired) electrons. The van der Waals surface area contributed by atoms with Crippen LogP contribution in [0, 0.1) is 6.92 Å². The predicted octanol–water partition coefficient (Wildman–Crippen LogP) is 3.31. The van der Waals surface area contributed by atoms with Gasteiger partial charge in [-0.2, -0.15) is 0 Å². The fourth-order valence-corrected chi connectivity index (χ4v) is 3.99. The number of benzene rings is 1. The Balaban J connectivity index is 0.00000176. The van der Waals surface area contributed by atoms with E-state index in [2.05, 4.69) is 48.7 Å². The highest BCUT2D eigenvalue weighted by Crippen LogP contribution is 2.27. The van der Waals surface area contributed by atoms with E-state index in [0.29, 0.717) is 24.5 Å². The molecule has 2 aliphatic rings. The summed E-state index contributed by atoms with van der Waals surface area (Å²) in [4.78, 5) is 12.3. The molecule has 2 heterocycles. The van der Waals surface area contributed by atoms with Gasteiger partial charge in [0.2, 0.25) is 5.91 Å². The third-order valence-electron chi connectivity index (χ3n) is 5.05. The molecule has 1 amide bonds. The van der Waals surface area contributed by atoms with Crippen LogP contribution in [0.1, 0.15) is 56.1 Å². The maximum atomic E-state index is 12.3. The average molecular weight is 323 g/mol. The van der Waals surface area contributed by atoms with Gasteiger partial charge in [0.25, 0.3) is 0 Å². The Morgan fingerprint density at radius 3 is 2.55 bits per heavy atom. The number of amides is 1. The molecule has 0 saturated carbocycles. The average Bonchev–Trinajstić information content (AvgIpc) is 2.78. The lowest BCUT2D eigenvalue weighted by molar-refractivity contribution is -0.122. The number of carbonyl (C=O) groups excluding carboxylic acids is 1. The minimum absolute atomic E-state index is 0. The third-order valence-corrected chi connectivity index (χ3v) is 5.05. The van der Waals surface area contributed by atoms with Gasteiger partial charge in [-0.25, -0.2) is 0 Å². The first-order chi connectivity index (χ1) is 10.1. The van der Waals surface area contributed by atoms with Crippen molar-refractivity contribution in [2.24, 2.45) is 0 Å². The van der Waals surface area contributed by atoms with Crippen LogP contribution in [-0.4, -0.2) is 24.0 Å². The van der Waals surface area contributed by atoms with E-state index in [0.717, 1.165) is 12.8 Å². The Bertz CT molecular complexity index is 508. The molecular formula is C18H27ClN2O. The van der Waals surface area contributed by atoms with Crippen molar-refractivity contribution in [2.45, 2.75) is 70.0 Å². The molecule has 3 nitrogen and oxygen atoms in total. The Hall–Kier alpha value is -1.06. The summed E-state index contributed by atoms with van der Waals surface area (Å²) in [5, 5.41) is 6.88. The lowest BCUT2D eigenvalue weighted by Crippen LogP contribution is -2.48. The van der Waals surface area contributed by atoms with Crippen LogP contribution < -0.4 is 10.6 Å². The maximum absolute atomic E-state index is 12.3. The first-order valence-electron chi connectivity index (χ1n) is 8.22. The van der Waals surface area contributed by atoms with Gasteiger partial charge in [-0.05, 0) is 49.7 Å². The van der Waals surface area contributed by atoms with Gasteiger partial charge in [0.1, 0.15) is 0 Å². The van der Waals surface area contributed by atoms with Crippen molar-refractivity contribution < 1.29 is 4.79 Å². The molecule has 2 bridgehead atoms. The normalized spacial score (nSPS) is 27.8. The zero-order valence-corrected chi connectivity index (χ0v) is 14.3. The number of halogens is 1. The summed E-state index contributed by atoms with van der Waals surface area (Å²) in [5.41, 5.74) is 2.57. The Morgan fingerprint density at radius 2 is 1.91 bits per heavy atom. The molecular weight excluding hydrogens is 296 g/mol. The van der Waals surface area contributed by atoms with Crippen LogP contribution in [-0.2, 0) is 4.79 Å². The molecule has 1 aromatic rings. The quantitative estimate of drug-likeness (QED) is 0.893. The van der Waals surface area contributed by atoms with Crippen LogP contribution in [0.15, 0.2) is 24.3 Å². The summed E-state index contributed by atoms with van der Waals surface area (Å²) in [6, 6.07) is 10.00. The predicted molar refractivity (Wildman–Crippen MR) is 92.6 cm³/mol. The van der Waals surface area contributed by atoms with E-state index in [4.69, 9.17) is 0 Å². The molecule has 2 saturated heterocycles. The van der Waals surface area contributed by atoms with Crippen molar-refractivity contribution in [1.82, 2.24) is 10.6 Å². The van der Waals surface area contributed by atoms with Crippen LogP contribution in [0.3, 0.4) is 0 Å². The van der Waals surface area contributed by atoms with Gasteiger partial charge in [0, 0.05) is 24.5 Å². The maximum Gasteiger partial charge on any atom is 0.220 e. The van der Waals surface area contributed by atoms with Crippen LogP contribution in [0.4, 0.5) is 0 Å². The second kappa shape index (κ2) is 7.47. The van der Waals surface area contributed by atoms with Gasteiger partial charge in [0.05, 0.1) is 0 Å². The van der Waals surface area contributed by atoms with Crippen molar-refractivity contribution in [1.29, 1.82) is 0 Å². The first-order valence-corrected chi connectivity index (χ1v) is 8.22. The molecule has 0 aliphatic carbocycles. The van der Waals surface area contributed by atoms with Crippen LogP contribution in [0.2, 0.25) is 0 Å². The second-order valence-corrected chi connectivity index (χ2v) is 6.84. The van der Waals surface area contributed by atoms with Gasteiger partial charge in [-0.1, -0.05) is 31.2 Å².